The molecule has 1 saturated carbocycles. The number of rotatable bonds is 2. The fourth-order valence-electron chi connectivity index (χ4n) is 3.57. The molecule has 1 unspecified atom stereocenters. The zero-order valence-corrected chi connectivity index (χ0v) is 11.4. The van der Waals surface area contributed by atoms with E-state index in [4.69, 9.17) is 5.73 Å². The fourth-order valence-corrected chi connectivity index (χ4v) is 3.57. The lowest BCUT2D eigenvalue weighted by molar-refractivity contribution is -0.139. The van der Waals surface area contributed by atoms with E-state index >= 15 is 0 Å². The Hall–Kier alpha value is -1.29. The summed E-state index contributed by atoms with van der Waals surface area (Å²) in [6.45, 7) is 0.849. The van der Waals surface area contributed by atoms with Crippen LogP contribution < -0.4 is 5.73 Å². The third kappa shape index (κ3) is 2.29. The van der Waals surface area contributed by atoms with Crippen LogP contribution in [0.25, 0.3) is 0 Å². The van der Waals surface area contributed by atoms with Crippen molar-refractivity contribution in [1.82, 2.24) is 9.88 Å². The summed E-state index contributed by atoms with van der Waals surface area (Å²) in [5, 5.41) is 0. The Kier molecular flexibility index (Phi) is 3.35. The van der Waals surface area contributed by atoms with Gasteiger partial charge in [0.1, 0.15) is 0 Å². The van der Waals surface area contributed by atoms with E-state index in [-0.39, 0.29) is 11.9 Å². The average molecular weight is 261 g/mol. The van der Waals surface area contributed by atoms with Crippen LogP contribution in [-0.4, -0.2) is 27.9 Å². The molecule has 4 nitrogen and oxygen atoms in total. The Labute approximate surface area is 114 Å². The molecule has 104 valence electrons. The average Bonchev–Trinajstić information content (AvgIpc) is 3.09. The highest BCUT2D eigenvalue weighted by Gasteiger charge is 2.42. The highest BCUT2D eigenvalue weighted by atomic mass is 16.2. The van der Waals surface area contributed by atoms with E-state index in [1.807, 2.05) is 17.2 Å². The molecule has 1 aliphatic carbocycles. The van der Waals surface area contributed by atoms with Gasteiger partial charge >= 0.3 is 0 Å². The van der Waals surface area contributed by atoms with Gasteiger partial charge in [-0.2, -0.15) is 0 Å². The fraction of sp³-hybridized carbons (Fsp3) is 0.667. The van der Waals surface area contributed by atoms with Crippen molar-refractivity contribution in [2.24, 2.45) is 5.73 Å². The van der Waals surface area contributed by atoms with Crippen LogP contribution in [0, 0.1) is 0 Å². The number of carbonyl (C=O) groups excluding carboxylic acids is 1. The number of hydrogen-bond acceptors (Lipinski definition) is 2. The summed E-state index contributed by atoms with van der Waals surface area (Å²) in [5.41, 5.74) is 6.94. The predicted octanol–water partition coefficient (Wildman–Crippen LogP) is 2.34. The molecular formula is C15H23N3O. The summed E-state index contributed by atoms with van der Waals surface area (Å²) in [6, 6.07) is 4.26. The first-order chi connectivity index (χ1) is 9.21. The lowest BCUT2D eigenvalue weighted by Crippen LogP contribution is -2.56. The zero-order chi connectivity index (χ0) is 13.3. The molecule has 1 atom stereocenters. The highest BCUT2D eigenvalue weighted by molar-refractivity contribution is 5.86. The molecule has 1 amide bonds. The van der Waals surface area contributed by atoms with E-state index in [0.717, 1.165) is 50.8 Å². The number of aromatic amines is 1. The van der Waals surface area contributed by atoms with E-state index in [9.17, 15) is 4.79 Å². The van der Waals surface area contributed by atoms with Crippen LogP contribution in [0.2, 0.25) is 0 Å². The zero-order valence-electron chi connectivity index (χ0n) is 11.4. The first-order valence-electron chi connectivity index (χ1n) is 7.44. The van der Waals surface area contributed by atoms with Crippen LogP contribution >= 0.6 is 0 Å². The first kappa shape index (κ1) is 12.7. The summed E-state index contributed by atoms with van der Waals surface area (Å²) in [7, 11) is 0. The minimum absolute atomic E-state index is 0.171. The van der Waals surface area contributed by atoms with Crippen LogP contribution in [-0.2, 0) is 4.79 Å². The summed E-state index contributed by atoms with van der Waals surface area (Å²) in [6.07, 6.45) is 9.13. The molecule has 1 saturated heterocycles. The van der Waals surface area contributed by atoms with Gasteiger partial charge in [0.15, 0.2) is 0 Å². The third-order valence-corrected chi connectivity index (χ3v) is 4.67. The van der Waals surface area contributed by atoms with Gasteiger partial charge in [-0.3, -0.25) is 4.79 Å². The van der Waals surface area contributed by atoms with Gasteiger partial charge in [0.05, 0.1) is 11.6 Å². The molecule has 2 aliphatic rings. The number of nitrogens with two attached hydrogens (primary N) is 1. The quantitative estimate of drug-likeness (QED) is 0.858. The van der Waals surface area contributed by atoms with Gasteiger partial charge in [-0.1, -0.05) is 19.3 Å². The normalized spacial score (nSPS) is 26.6. The van der Waals surface area contributed by atoms with Crippen LogP contribution in [0.4, 0.5) is 0 Å². The van der Waals surface area contributed by atoms with E-state index in [1.165, 1.54) is 6.42 Å². The molecule has 3 rings (SSSR count). The molecule has 2 fully saturated rings. The number of amides is 1. The van der Waals surface area contributed by atoms with Crippen molar-refractivity contribution in [3.8, 4) is 0 Å². The Bertz CT molecular complexity index is 434. The second kappa shape index (κ2) is 5.00. The van der Waals surface area contributed by atoms with Crippen molar-refractivity contribution in [2.45, 2.75) is 56.5 Å². The third-order valence-electron chi connectivity index (χ3n) is 4.67. The predicted molar refractivity (Wildman–Crippen MR) is 74.5 cm³/mol. The SMILES string of the molecule is NC1(C(=O)N2CCCC2c2ccc[nH]2)CCCCC1. The second-order valence-corrected chi connectivity index (χ2v) is 6.00. The molecule has 0 radical (unpaired) electrons. The van der Waals surface area contributed by atoms with E-state index in [0.29, 0.717) is 0 Å². The van der Waals surface area contributed by atoms with Crippen LogP contribution in [0.15, 0.2) is 18.3 Å². The molecular weight excluding hydrogens is 238 g/mol. The maximum atomic E-state index is 12.8. The number of hydrogen-bond donors (Lipinski definition) is 2. The summed E-state index contributed by atoms with van der Waals surface area (Å²) in [5.74, 6) is 0.171. The summed E-state index contributed by atoms with van der Waals surface area (Å²) in [4.78, 5) is 18.1. The van der Waals surface area contributed by atoms with Crippen LogP contribution in [0.1, 0.15) is 56.7 Å². The Morgan fingerprint density at radius 2 is 2.11 bits per heavy atom. The van der Waals surface area contributed by atoms with Gasteiger partial charge in [0.2, 0.25) is 5.91 Å². The van der Waals surface area contributed by atoms with Gasteiger partial charge in [-0.15, -0.1) is 0 Å². The highest BCUT2D eigenvalue weighted by Crippen LogP contribution is 2.35. The van der Waals surface area contributed by atoms with Gasteiger partial charge in [0.25, 0.3) is 0 Å². The lowest BCUT2D eigenvalue weighted by atomic mass is 9.81. The molecule has 0 aromatic carbocycles. The van der Waals surface area contributed by atoms with Crippen molar-refractivity contribution in [3.05, 3.63) is 24.0 Å². The Morgan fingerprint density at radius 3 is 2.79 bits per heavy atom. The molecule has 1 aromatic heterocycles. The first-order valence-corrected chi connectivity index (χ1v) is 7.44. The van der Waals surface area contributed by atoms with E-state index in [2.05, 4.69) is 11.1 Å². The molecule has 1 aliphatic heterocycles. The van der Waals surface area contributed by atoms with Crippen LogP contribution in [0.5, 0.6) is 0 Å². The molecule has 19 heavy (non-hydrogen) atoms. The van der Waals surface area contributed by atoms with Crippen molar-refractivity contribution in [2.75, 3.05) is 6.54 Å². The molecule has 4 heteroatoms. The van der Waals surface area contributed by atoms with Gasteiger partial charge in [-0.05, 0) is 37.8 Å². The molecule has 3 N–H and O–H groups in total. The number of aromatic nitrogens is 1. The van der Waals surface area contributed by atoms with Crippen molar-refractivity contribution < 1.29 is 4.79 Å². The number of likely N-dealkylation sites (tertiary alicyclic amines) is 1. The number of nitrogens with zero attached hydrogens (tertiary/aromatic N) is 1. The minimum atomic E-state index is -0.604. The molecule has 1 aromatic rings. The summed E-state index contributed by atoms with van der Waals surface area (Å²) >= 11 is 0. The van der Waals surface area contributed by atoms with Gasteiger partial charge in [0, 0.05) is 18.4 Å². The van der Waals surface area contributed by atoms with Gasteiger partial charge < -0.3 is 15.6 Å². The Morgan fingerprint density at radius 1 is 1.32 bits per heavy atom. The molecule has 0 spiro atoms. The van der Waals surface area contributed by atoms with Gasteiger partial charge in [-0.25, -0.2) is 0 Å². The topological polar surface area (TPSA) is 62.1 Å². The number of H-pyrrole nitrogens is 1. The standard InChI is InChI=1S/C15H23N3O/c16-15(8-2-1-3-9-15)14(19)18-11-5-7-13(18)12-6-4-10-17-12/h4,6,10,13,17H,1-3,5,7-9,11,16H2. The molecule has 2 heterocycles. The Balaban J connectivity index is 1.78. The second-order valence-electron chi connectivity index (χ2n) is 6.00. The maximum absolute atomic E-state index is 12.8. The van der Waals surface area contributed by atoms with Crippen LogP contribution in [0.3, 0.4) is 0 Å². The monoisotopic (exact) mass is 261 g/mol. The smallest absolute Gasteiger partial charge is 0.243 e. The van der Waals surface area contributed by atoms with Crippen molar-refractivity contribution in [3.63, 3.8) is 0 Å². The maximum Gasteiger partial charge on any atom is 0.243 e. The van der Waals surface area contributed by atoms with Crippen molar-refractivity contribution >= 4 is 5.91 Å². The van der Waals surface area contributed by atoms with E-state index < -0.39 is 5.54 Å². The number of carbonyl (C=O) groups is 1. The molecule has 0 bridgehead atoms. The minimum Gasteiger partial charge on any atom is -0.363 e. The number of nitrogens with one attached hydrogen (secondary N) is 1. The van der Waals surface area contributed by atoms with E-state index in [1.54, 1.807) is 0 Å². The largest absolute Gasteiger partial charge is 0.363 e. The lowest BCUT2D eigenvalue weighted by Gasteiger charge is -2.37. The van der Waals surface area contributed by atoms with Crippen molar-refractivity contribution in [1.29, 1.82) is 0 Å². The summed E-state index contributed by atoms with van der Waals surface area (Å²) < 4.78 is 0.